The van der Waals surface area contributed by atoms with Crippen molar-refractivity contribution in [3.8, 4) is 0 Å². The minimum absolute atomic E-state index is 0.0335. The number of rotatable bonds is 7. The Morgan fingerprint density at radius 2 is 2.00 bits per heavy atom. The number of nitrogens with one attached hydrogen (secondary N) is 1. The van der Waals surface area contributed by atoms with Gasteiger partial charge in [0.1, 0.15) is 5.82 Å². The quantitative estimate of drug-likeness (QED) is 0.562. The van der Waals surface area contributed by atoms with E-state index in [1.165, 1.54) is 12.1 Å². The smallest absolute Gasteiger partial charge is 0.254 e. The Balaban J connectivity index is 1.38. The van der Waals surface area contributed by atoms with E-state index in [0.29, 0.717) is 42.9 Å². The van der Waals surface area contributed by atoms with Gasteiger partial charge in [0.25, 0.3) is 5.91 Å². The van der Waals surface area contributed by atoms with Crippen LogP contribution in [0.1, 0.15) is 47.2 Å². The summed E-state index contributed by atoms with van der Waals surface area (Å²) < 4.78 is 13.3. The van der Waals surface area contributed by atoms with Gasteiger partial charge < -0.3 is 16.0 Å². The summed E-state index contributed by atoms with van der Waals surface area (Å²) in [4.78, 5) is 26.4. The van der Waals surface area contributed by atoms with Crippen molar-refractivity contribution in [1.82, 2.24) is 4.90 Å². The zero-order chi connectivity index (χ0) is 20.1. The molecule has 0 unspecified atom stereocenters. The molecule has 0 fully saturated rings. The highest BCUT2D eigenvalue weighted by Gasteiger charge is 2.23. The number of anilines is 2. The van der Waals surface area contributed by atoms with Crippen LogP contribution in [-0.2, 0) is 11.2 Å². The number of carbonyl (C=O) groups is 2. The van der Waals surface area contributed by atoms with Gasteiger partial charge in [-0.3, -0.25) is 9.59 Å². The Morgan fingerprint density at radius 1 is 1.18 bits per heavy atom. The largest absolute Gasteiger partial charge is 0.397 e. The van der Waals surface area contributed by atoms with Crippen molar-refractivity contribution in [1.29, 1.82) is 0 Å². The second kappa shape index (κ2) is 8.87. The molecule has 0 aromatic heterocycles. The third-order valence-corrected chi connectivity index (χ3v) is 5.05. The Bertz CT molecular complexity index is 882. The lowest BCUT2D eigenvalue weighted by Crippen LogP contribution is -2.38. The van der Waals surface area contributed by atoms with Gasteiger partial charge in [-0.1, -0.05) is 12.5 Å². The summed E-state index contributed by atoms with van der Waals surface area (Å²) >= 11 is 0. The van der Waals surface area contributed by atoms with Crippen molar-refractivity contribution in [3.05, 3.63) is 58.9 Å². The highest BCUT2D eigenvalue weighted by atomic mass is 19.1. The number of benzene rings is 2. The number of nitrogen functional groups attached to an aromatic ring is 1. The number of aryl methyl sites for hydroxylation is 1. The van der Waals surface area contributed by atoms with Crippen LogP contribution in [0.25, 0.3) is 0 Å². The molecular weight excluding hydrogens is 357 g/mol. The first kappa shape index (κ1) is 19.9. The van der Waals surface area contributed by atoms with Gasteiger partial charge in [0.05, 0.1) is 11.4 Å². The van der Waals surface area contributed by atoms with E-state index in [4.69, 9.17) is 5.73 Å². The molecule has 0 spiro atoms. The number of amides is 2. The topological polar surface area (TPSA) is 75.4 Å². The van der Waals surface area contributed by atoms with E-state index in [1.54, 1.807) is 6.07 Å². The van der Waals surface area contributed by atoms with E-state index in [1.807, 2.05) is 30.0 Å². The molecule has 6 heteroatoms. The van der Waals surface area contributed by atoms with E-state index >= 15 is 0 Å². The van der Waals surface area contributed by atoms with Crippen LogP contribution in [0, 0.1) is 12.7 Å². The van der Waals surface area contributed by atoms with Gasteiger partial charge in [-0.2, -0.15) is 0 Å². The summed E-state index contributed by atoms with van der Waals surface area (Å²) in [7, 11) is 0. The monoisotopic (exact) mass is 383 g/mol. The van der Waals surface area contributed by atoms with Crippen LogP contribution in [0.3, 0.4) is 0 Å². The van der Waals surface area contributed by atoms with Crippen LogP contribution in [0.4, 0.5) is 15.8 Å². The van der Waals surface area contributed by atoms with E-state index in [9.17, 15) is 14.0 Å². The molecule has 3 N–H and O–H groups in total. The SMILES string of the molecule is Cc1ccc(NC(=O)CCCCCN2CCc3cc(F)ccc3C2=O)c(N)c1. The molecule has 2 amide bonds. The Kier molecular flexibility index (Phi) is 6.29. The maximum Gasteiger partial charge on any atom is 0.254 e. The zero-order valence-corrected chi connectivity index (χ0v) is 16.1. The van der Waals surface area contributed by atoms with Gasteiger partial charge in [0.2, 0.25) is 5.91 Å². The first-order valence-corrected chi connectivity index (χ1v) is 9.68. The van der Waals surface area contributed by atoms with E-state index < -0.39 is 0 Å². The molecule has 28 heavy (non-hydrogen) atoms. The van der Waals surface area contributed by atoms with Crippen molar-refractivity contribution in [2.45, 2.75) is 39.0 Å². The van der Waals surface area contributed by atoms with Crippen molar-refractivity contribution in [2.24, 2.45) is 0 Å². The Labute approximate surface area is 164 Å². The molecule has 1 aliphatic heterocycles. The number of nitrogens with zero attached hydrogens (tertiary/aromatic N) is 1. The van der Waals surface area contributed by atoms with Gasteiger partial charge in [-0.25, -0.2) is 4.39 Å². The lowest BCUT2D eigenvalue weighted by Gasteiger charge is -2.28. The van der Waals surface area contributed by atoms with Crippen molar-refractivity contribution < 1.29 is 14.0 Å². The predicted octanol–water partition coefficient (Wildman–Crippen LogP) is 3.91. The van der Waals surface area contributed by atoms with Crippen LogP contribution < -0.4 is 11.1 Å². The first-order valence-electron chi connectivity index (χ1n) is 9.68. The summed E-state index contributed by atoms with van der Waals surface area (Å²) in [5, 5.41) is 2.84. The maximum absolute atomic E-state index is 13.3. The lowest BCUT2D eigenvalue weighted by molar-refractivity contribution is -0.116. The summed E-state index contributed by atoms with van der Waals surface area (Å²) in [6.45, 7) is 3.22. The molecule has 0 aliphatic carbocycles. The van der Waals surface area contributed by atoms with E-state index in [2.05, 4.69) is 5.32 Å². The van der Waals surface area contributed by atoms with E-state index in [0.717, 1.165) is 30.4 Å². The molecule has 0 saturated heterocycles. The summed E-state index contributed by atoms with van der Waals surface area (Å²) in [5.41, 5.74) is 9.56. The molecule has 0 radical (unpaired) electrons. The summed E-state index contributed by atoms with van der Waals surface area (Å²) in [6.07, 6.45) is 3.54. The molecule has 0 atom stereocenters. The normalized spacial score (nSPS) is 13.4. The van der Waals surface area contributed by atoms with Crippen molar-refractivity contribution >= 4 is 23.2 Å². The van der Waals surface area contributed by atoms with Crippen LogP contribution in [0.5, 0.6) is 0 Å². The molecule has 1 aliphatic rings. The van der Waals surface area contributed by atoms with Gasteiger partial charge in [0, 0.05) is 25.1 Å². The fourth-order valence-corrected chi connectivity index (χ4v) is 3.49. The summed E-state index contributed by atoms with van der Waals surface area (Å²) in [5.74, 6) is -0.389. The van der Waals surface area contributed by atoms with Crippen LogP contribution in [0.2, 0.25) is 0 Å². The number of nitrogens with two attached hydrogens (primary N) is 1. The fraction of sp³-hybridized carbons (Fsp3) is 0.364. The van der Waals surface area contributed by atoms with Gasteiger partial charge in [0.15, 0.2) is 0 Å². The molecule has 2 aromatic rings. The first-order chi connectivity index (χ1) is 13.4. The Morgan fingerprint density at radius 3 is 2.79 bits per heavy atom. The van der Waals surface area contributed by atoms with Gasteiger partial charge in [-0.15, -0.1) is 0 Å². The third-order valence-electron chi connectivity index (χ3n) is 5.05. The van der Waals surface area contributed by atoms with Crippen LogP contribution >= 0.6 is 0 Å². The minimum atomic E-state index is -0.300. The van der Waals surface area contributed by atoms with Crippen LogP contribution in [-0.4, -0.2) is 29.8 Å². The molecular formula is C22H26FN3O2. The van der Waals surface area contributed by atoms with Crippen molar-refractivity contribution in [3.63, 3.8) is 0 Å². The minimum Gasteiger partial charge on any atom is -0.397 e. The highest BCUT2D eigenvalue weighted by molar-refractivity contribution is 5.96. The highest BCUT2D eigenvalue weighted by Crippen LogP contribution is 2.21. The molecule has 5 nitrogen and oxygen atoms in total. The predicted molar refractivity (Wildman–Crippen MR) is 109 cm³/mol. The molecule has 3 rings (SSSR count). The third kappa shape index (κ3) is 4.88. The van der Waals surface area contributed by atoms with Gasteiger partial charge in [-0.05, 0) is 67.6 Å². The van der Waals surface area contributed by atoms with Crippen molar-refractivity contribution in [2.75, 3.05) is 24.1 Å². The standard InChI is InChI=1S/C22H26FN3O2/c1-15-6-9-20(19(24)13-15)25-21(27)5-3-2-4-11-26-12-10-16-14-17(23)7-8-18(16)22(26)28/h6-9,13-14H,2-5,10-12,24H2,1H3,(H,25,27). The number of fused-ring (bicyclic) bond motifs is 1. The molecule has 148 valence electrons. The molecule has 1 heterocycles. The maximum atomic E-state index is 13.3. The number of hydrogen-bond donors (Lipinski definition) is 2. The number of carbonyl (C=O) groups excluding carboxylic acids is 2. The van der Waals surface area contributed by atoms with Gasteiger partial charge >= 0.3 is 0 Å². The number of hydrogen-bond acceptors (Lipinski definition) is 3. The number of unbranched alkanes of at least 4 members (excludes halogenated alkanes) is 2. The molecule has 0 bridgehead atoms. The average Bonchev–Trinajstić information content (AvgIpc) is 2.65. The average molecular weight is 383 g/mol. The second-order valence-corrected chi connectivity index (χ2v) is 7.29. The zero-order valence-electron chi connectivity index (χ0n) is 16.1. The summed E-state index contributed by atoms with van der Waals surface area (Å²) in [6, 6.07) is 9.91. The fourth-order valence-electron chi connectivity index (χ4n) is 3.49. The number of halogens is 1. The second-order valence-electron chi connectivity index (χ2n) is 7.29. The Hall–Kier alpha value is -2.89. The lowest BCUT2D eigenvalue weighted by atomic mass is 9.98. The van der Waals surface area contributed by atoms with Crippen LogP contribution in [0.15, 0.2) is 36.4 Å². The van der Waals surface area contributed by atoms with E-state index in [-0.39, 0.29) is 17.6 Å². The molecule has 0 saturated carbocycles. The molecule has 2 aromatic carbocycles.